The number of halogens is 3. The Morgan fingerprint density at radius 2 is 1.74 bits per heavy atom. The summed E-state index contributed by atoms with van der Waals surface area (Å²) in [7, 11) is 2.97. The van der Waals surface area contributed by atoms with Gasteiger partial charge in [-0.2, -0.15) is 18.3 Å². The van der Waals surface area contributed by atoms with E-state index in [4.69, 9.17) is 9.47 Å². The first-order valence-electron chi connectivity index (χ1n) is 12.5. The average molecular weight is 530 g/mol. The highest BCUT2D eigenvalue weighted by Crippen LogP contribution is 2.45. The molecule has 1 fully saturated rings. The normalized spacial score (nSPS) is 20.0. The Hall–Kier alpha value is -3.73. The lowest BCUT2D eigenvalue weighted by Crippen LogP contribution is -2.48. The maximum Gasteiger partial charge on any atom is 0.410 e. The van der Waals surface area contributed by atoms with Gasteiger partial charge in [-0.3, -0.25) is 9.69 Å². The van der Waals surface area contributed by atoms with Gasteiger partial charge in [0.25, 0.3) is 5.91 Å². The van der Waals surface area contributed by atoms with Crippen LogP contribution in [0.5, 0.6) is 11.5 Å². The Kier molecular flexibility index (Phi) is 7.20. The number of rotatable bonds is 6. The van der Waals surface area contributed by atoms with Crippen LogP contribution in [0.25, 0.3) is 0 Å². The largest absolute Gasteiger partial charge is 0.493 e. The molecule has 0 radical (unpaired) electrons. The summed E-state index contributed by atoms with van der Waals surface area (Å²) in [6.07, 6.45) is -3.57. The number of amides is 1. The van der Waals surface area contributed by atoms with Gasteiger partial charge >= 0.3 is 6.18 Å². The van der Waals surface area contributed by atoms with Crippen molar-refractivity contribution in [1.82, 2.24) is 19.6 Å². The molecule has 2 atom stereocenters. The Morgan fingerprint density at radius 3 is 2.39 bits per heavy atom. The third-order valence-electron chi connectivity index (χ3n) is 7.19. The first-order chi connectivity index (χ1) is 18.3. The van der Waals surface area contributed by atoms with E-state index < -0.39 is 18.3 Å². The topological polar surface area (TPSA) is 71.9 Å². The van der Waals surface area contributed by atoms with Crippen LogP contribution in [0.3, 0.4) is 0 Å². The van der Waals surface area contributed by atoms with Gasteiger partial charge in [0.15, 0.2) is 17.5 Å². The van der Waals surface area contributed by atoms with Crippen molar-refractivity contribution in [3.05, 3.63) is 71.4 Å². The van der Waals surface area contributed by atoms with Gasteiger partial charge in [-0.25, -0.2) is 4.68 Å². The van der Waals surface area contributed by atoms with E-state index >= 15 is 0 Å². The van der Waals surface area contributed by atoms with E-state index in [2.05, 4.69) is 27.4 Å². The summed E-state index contributed by atoms with van der Waals surface area (Å²) in [5.74, 6) is 0.646. The predicted octanol–water partition coefficient (Wildman–Crippen LogP) is 4.52. The molecule has 1 saturated heterocycles. The zero-order valence-electron chi connectivity index (χ0n) is 21.2. The fraction of sp³-hybridized carbons (Fsp3) is 0.407. The molecule has 38 heavy (non-hydrogen) atoms. The van der Waals surface area contributed by atoms with Crippen LogP contribution in [0.2, 0.25) is 0 Å². The van der Waals surface area contributed by atoms with E-state index in [9.17, 15) is 18.0 Å². The fourth-order valence-electron chi connectivity index (χ4n) is 5.13. The predicted molar refractivity (Wildman–Crippen MR) is 135 cm³/mol. The van der Waals surface area contributed by atoms with E-state index in [1.54, 1.807) is 23.1 Å². The lowest BCUT2D eigenvalue weighted by atomic mass is 9.96. The first-order valence-corrected chi connectivity index (χ1v) is 12.5. The summed E-state index contributed by atoms with van der Waals surface area (Å²) in [5, 5.41) is 7.17. The van der Waals surface area contributed by atoms with Crippen LogP contribution < -0.4 is 14.8 Å². The molecule has 2 aliphatic rings. The Labute approximate surface area is 218 Å². The molecule has 8 nitrogen and oxygen atoms in total. The number of hydrogen-bond donors (Lipinski definition) is 1. The number of ether oxygens (including phenoxy) is 2. The number of benzene rings is 2. The molecule has 0 bridgehead atoms. The highest BCUT2D eigenvalue weighted by atomic mass is 19.4. The van der Waals surface area contributed by atoms with Crippen LogP contribution >= 0.6 is 0 Å². The van der Waals surface area contributed by atoms with Crippen LogP contribution in [0, 0.1) is 0 Å². The zero-order chi connectivity index (χ0) is 26.9. The molecular weight excluding hydrogens is 499 g/mol. The van der Waals surface area contributed by atoms with Crippen molar-refractivity contribution in [2.75, 3.05) is 45.7 Å². The second-order valence-corrected chi connectivity index (χ2v) is 9.51. The third kappa shape index (κ3) is 5.15. The number of aromatic nitrogens is 2. The number of nitrogens with one attached hydrogen (secondary N) is 1. The molecule has 2 aliphatic heterocycles. The average Bonchev–Trinajstić information content (AvgIpc) is 3.36. The van der Waals surface area contributed by atoms with E-state index in [0.717, 1.165) is 11.2 Å². The number of methoxy groups -OCH3 is 2. The molecular formula is C27H30F3N5O3. The van der Waals surface area contributed by atoms with Gasteiger partial charge in [-0.05, 0) is 23.3 Å². The molecule has 1 N–H and O–H groups in total. The number of hydrogen-bond acceptors (Lipinski definition) is 6. The molecule has 1 aromatic heterocycles. The maximum absolute atomic E-state index is 14.1. The lowest BCUT2D eigenvalue weighted by Gasteiger charge is -2.36. The molecule has 0 spiro atoms. The van der Waals surface area contributed by atoms with Gasteiger partial charge in [-0.15, -0.1) is 0 Å². The summed E-state index contributed by atoms with van der Waals surface area (Å²) >= 11 is 0. The van der Waals surface area contributed by atoms with Crippen molar-refractivity contribution >= 4 is 11.7 Å². The quantitative estimate of drug-likeness (QED) is 0.507. The SMILES string of the molecule is COc1ccc(C2CC(C(F)(F)F)n3ncc(C(=O)N4CCN(Cc5ccccc5)CC4)c3N2)cc1OC. The van der Waals surface area contributed by atoms with Gasteiger partial charge in [0.2, 0.25) is 0 Å². The van der Waals surface area contributed by atoms with Crippen LogP contribution in [0.1, 0.15) is 40.0 Å². The molecule has 0 aliphatic carbocycles. The van der Waals surface area contributed by atoms with Crippen molar-refractivity contribution in [3.63, 3.8) is 0 Å². The zero-order valence-corrected chi connectivity index (χ0v) is 21.2. The van der Waals surface area contributed by atoms with E-state index in [-0.39, 0.29) is 23.7 Å². The number of piperazine rings is 1. The highest BCUT2D eigenvalue weighted by molar-refractivity contribution is 5.99. The standard InChI is InChI=1S/C27H30F3N5O3/c1-37-22-9-8-19(14-23(22)38-2)21-15-24(27(28,29)30)35-25(32-21)20(16-31-35)26(36)34-12-10-33(11-13-34)17-18-6-4-3-5-7-18/h3-9,14,16,21,24,32H,10-13,15,17H2,1-2H3. The number of fused-ring (bicyclic) bond motifs is 1. The van der Waals surface area contributed by atoms with E-state index in [1.165, 1.54) is 26.0 Å². The second kappa shape index (κ2) is 10.6. The van der Waals surface area contributed by atoms with Gasteiger partial charge in [0.1, 0.15) is 11.4 Å². The second-order valence-electron chi connectivity index (χ2n) is 9.51. The molecule has 2 unspecified atom stereocenters. The molecule has 3 aromatic rings. The summed E-state index contributed by atoms with van der Waals surface area (Å²) in [5.41, 5.74) is 1.93. The fourth-order valence-corrected chi connectivity index (χ4v) is 5.13. The molecule has 202 valence electrons. The van der Waals surface area contributed by atoms with Crippen LogP contribution in [-0.4, -0.2) is 72.1 Å². The molecule has 3 heterocycles. The number of nitrogens with zero attached hydrogens (tertiary/aromatic N) is 4. The monoisotopic (exact) mass is 529 g/mol. The van der Waals surface area contributed by atoms with Gasteiger partial charge in [0, 0.05) is 39.1 Å². The summed E-state index contributed by atoms with van der Waals surface area (Å²) in [6, 6.07) is 12.5. The Morgan fingerprint density at radius 1 is 1.03 bits per heavy atom. The minimum atomic E-state index is -4.54. The Bertz CT molecular complexity index is 1270. The summed E-state index contributed by atoms with van der Waals surface area (Å²) in [4.78, 5) is 17.4. The number of carbonyl (C=O) groups excluding carboxylic acids is 1. The molecule has 5 rings (SSSR count). The van der Waals surface area contributed by atoms with Crippen LogP contribution in [0.4, 0.5) is 19.0 Å². The van der Waals surface area contributed by atoms with Gasteiger partial charge in [-0.1, -0.05) is 36.4 Å². The lowest BCUT2D eigenvalue weighted by molar-refractivity contribution is -0.173. The van der Waals surface area contributed by atoms with Crippen molar-refractivity contribution in [3.8, 4) is 11.5 Å². The highest BCUT2D eigenvalue weighted by Gasteiger charge is 2.47. The van der Waals surface area contributed by atoms with E-state index in [1.807, 2.05) is 18.2 Å². The number of anilines is 1. The minimum Gasteiger partial charge on any atom is -0.493 e. The van der Waals surface area contributed by atoms with Crippen molar-refractivity contribution < 1.29 is 27.4 Å². The summed E-state index contributed by atoms with van der Waals surface area (Å²) < 4.78 is 53.9. The number of carbonyl (C=O) groups is 1. The number of alkyl halides is 3. The molecule has 1 amide bonds. The Balaban J connectivity index is 1.36. The van der Waals surface area contributed by atoms with Crippen LogP contribution in [0.15, 0.2) is 54.7 Å². The van der Waals surface area contributed by atoms with Gasteiger partial charge < -0.3 is 19.7 Å². The van der Waals surface area contributed by atoms with Crippen molar-refractivity contribution in [1.29, 1.82) is 0 Å². The molecule has 0 saturated carbocycles. The van der Waals surface area contributed by atoms with Crippen molar-refractivity contribution in [2.24, 2.45) is 0 Å². The van der Waals surface area contributed by atoms with Gasteiger partial charge in [0.05, 0.1) is 26.5 Å². The van der Waals surface area contributed by atoms with Crippen molar-refractivity contribution in [2.45, 2.75) is 31.2 Å². The third-order valence-corrected chi connectivity index (χ3v) is 7.19. The van der Waals surface area contributed by atoms with Crippen LogP contribution in [-0.2, 0) is 6.54 Å². The van der Waals surface area contributed by atoms with E-state index in [0.29, 0.717) is 43.2 Å². The minimum absolute atomic E-state index is 0.0788. The molecule has 2 aromatic carbocycles. The summed E-state index contributed by atoms with van der Waals surface area (Å²) in [6.45, 7) is 3.11. The first kappa shape index (κ1) is 25.9. The smallest absolute Gasteiger partial charge is 0.410 e. The molecule has 11 heteroatoms. The maximum atomic E-state index is 14.1.